The van der Waals surface area contributed by atoms with Gasteiger partial charge in [-0.25, -0.2) is 0 Å². The highest BCUT2D eigenvalue weighted by Gasteiger charge is 2.20. The lowest BCUT2D eigenvalue weighted by molar-refractivity contribution is 0.286. The molecule has 0 radical (unpaired) electrons. The number of pyridine rings is 1. The van der Waals surface area contributed by atoms with Crippen molar-refractivity contribution in [2.24, 2.45) is 0 Å². The van der Waals surface area contributed by atoms with Crippen LogP contribution < -0.4 is 5.32 Å². The molecule has 0 unspecified atom stereocenters. The Kier molecular flexibility index (Phi) is 7.17. The van der Waals surface area contributed by atoms with E-state index in [9.17, 15) is 0 Å². The van der Waals surface area contributed by atoms with Crippen molar-refractivity contribution in [3.63, 3.8) is 0 Å². The van der Waals surface area contributed by atoms with Gasteiger partial charge in [-0.3, -0.25) is 4.98 Å². The molecule has 1 aromatic carbocycles. The van der Waals surface area contributed by atoms with Crippen molar-refractivity contribution in [2.45, 2.75) is 19.9 Å². The quantitative estimate of drug-likeness (QED) is 0.757. The van der Waals surface area contributed by atoms with Crippen molar-refractivity contribution >= 4 is 34.6 Å². The summed E-state index contributed by atoms with van der Waals surface area (Å²) >= 11 is 12.0. The molecule has 25 heavy (non-hydrogen) atoms. The zero-order chi connectivity index (χ0) is 18.4. The maximum absolute atomic E-state index is 6.34. The summed E-state index contributed by atoms with van der Waals surface area (Å²) in [4.78, 5) is 8.76. The number of anilines is 1. The number of rotatable bonds is 6. The van der Waals surface area contributed by atoms with Gasteiger partial charge in [0.25, 0.3) is 0 Å². The summed E-state index contributed by atoms with van der Waals surface area (Å²) < 4.78 is 0. The minimum Gasteiger partial charge on any atom is -0.339 e. The van der Waals surface area contributed by atoms with E-state index >= 15 is 0 Å². The van der Waals surface area contributed by atoms with Crippen LogP contribution in [0, 0.1) is 6.92 Å². The third kappa shape index (κ3) is 5.66. The molecule has 0 aliphatic heterocycles. The molecule has 0 fully saturated rings. The third-order valence-electron chi connectivity index (χ3n) is 4.00. The molecule has 134 valence electrons. The van der Waals surface area contributed by atoms with E-state index in [4.69, 9.17) is 23.8 Å². The standard InChI is InChI=1S/C19H25ClN4S/c1-14-8-9-18(16(20)13-14)22-19(25)24(12-11-23(3)4)15(2)17-7-5-6-10-21-17/h5-10,13,15H,11-12H2,1-4H3,(H,22,25)/t15-/m1/s1. The summed E-state index contributed by atoms with van der Waals surface area (Å²) in [5.74, 6) is 0. The second kappa shape index (κ2) is 9.13. The zero-order valence-electron chi connectivity index (χ0n) is 15.2. The number of nitrogens with zero attached hydrogens (tertiary/aromatic N) is 3. The van der Waals surface area contributed by atoms with Crippen LogP contribution in [0.2, 0.25) is 5.02 Å². The van der Waals surface area contributed by atoms with Crippen molar-refractivity contribution in [1.82, 2.24) is 14.8 Å². The number of hydrogen-bond donors (Lipinski definition) is 1. The molecule has 0 saturated carbocycles. The van der Waals surface area contributed by atoms with E-state index in [-0.39, 0.29) is 6.04 Å². The van der Waals surface area contributed by atoms with Crippen LogP contribution in [0.15, 0.2) is 42.6 Å². The molecule has 0 aliphatic carbocycles. The van der Waals surface area contributed by atoms with E-state index in [1.54, 1.807) is 0 Å². The van der Waals surface area contributed by atoms with Crippen LogP contribution in [0.25, 0.3) is 0 Å². The van der Waals surface area contributed by atoms with Gasteiger partial charge in [-0.15, -0.1) is 0 Å². The molecule has 1 atom stereocenters. The summed E-state index contributed by atoms with van der Waals surface area (Å²) in [6.45, 7) is 5.81. The molecular weight excluding hydrogens is 352 g/mol. The Bertz CT molecular complexity index is 706. The molecule has 1 N–H and O–H groups in total. The summed E-state index contributed by atoms with van der Waals surface area (Å²) in [5, 5.41) is 4.60. The van der Waals surface area contributed by atoms with Crippen molar-refractivity contribution in [2.75, 3.05) is 32.5 Å². The Morgan fingerprint density at radius 3 is 2.60 bits per heavy atom. The molecule has 0 saturated heterocycles. The van der Waals surface area contributed by atoms with Gasteiger partial charge < -0.3 is 15.1 Å². The first-order chi connectivity index (χ1) is 11.9. The third-order valence-corrected chi connectivity index (χ3v) is 4.65. The predicted molar refractivity (Wildman–Crippen MR) is 110 cm³/mol. The van der Waals surface area contributed by atoms with Crippen molar-refractivity contribution in [1.29, 1.82) is 0 Å². The number of likely N-dealkylation sites (N-methyl/N-ethyl adjacent to an activating group) is 1. The number of hydrogen-bond acceptors (Lipinski definition) is 3. The summed E-state index contributed by atoms with van der Waals surface area (Å²) in [6.07, 6.45) is 1.81. The smallest absolute Gasteiger partial charge is 0.174 e. The lowest BCUT2D eigenvalue weighted by Gasteiger charge is -2.32. The van der Waals surface area contributed by atoms with Crippen LogP contribution in [-0.2, 0) is 0 Å². The van der Waals surface area contributed by atoms with E-state index in [0.29, 0.717) is 10.1 Å². The first-order valence-electron chi connectivity index (χ1n) is 8.28. The Morgan fingerprint density at radius 2 is 2.00 bits per heavy atom. The zero-order valence-corrected chi connectivity index (χ0v) is 16.7. The maximum Gasteiger partial charge on any atom is 0.174 e. The van der Waals surface area contributed by atoms with Gasteiger partial charge in [-0.2, -0.15) is 0 Å². The largest absolute Gasteiger partial charge is 0.339 e. The number of benzene rings is 1. The fraction of sp³-hybridized carbons (Fsp3) is 0.368. The maximum atomic E-state index is 6.34. The highest BCUT2D eigenvalue weighted by Crippen LogP contribution is 2.25. The van der Waals surface area contributed by atoms with Gasteiger partial charge in [0, 0.05) is 19.3 Å². The lowest BCUT2D eigenvalue weighted by atomic mass is 10.2. The predicted octanol–water partition coefficient (Wildman–Crippen LogP) is 4.37. The van der Waals surface area contributed by atoms with Gasteiger partial charge in [0.2, 0.25) is 0 Å². The van der Waals surface area contributed by atoms with E-state index in [0.717, 1.165) is 30.0 Å². The number of thiocarbonyl (C=S) groups is 1. The first kappa shape index (κ1) is 19.6. The molecule has 6 heteroatoms. The normalized spacial score (nSPS) is 12.1. The molecule has 1 aromatic heterocycles. The fourth-order valence-corrected chi connectivity index (χ4v) is 3.11. The fourth-order valence-electron chi connectivity index (χ4n) is 2.47. The van der Waals surface area contributed by atoms with Crippen LogP contribution in [0.1, 0.15) is 24.2 Å². The molecule has 2 aromatic rings. The van der Waals surface area contributed by atoms with Crippen LogP contribution in [0.5, 0.6) is 0 Å². The number of nitrogens with one attached hydrogen (secondary N) is 1. The Balaban J connectivity index is 2.20. The summed E-state index contributed by atoms with van der Waals surface area (Å²) in [6, 6.07) is 11.9. The van der Waals surface area contributed by atoms with Crippen molar-refractivity contribution in [3.05, 3.63) is 58.9 Å². The van der Waals surface area contributed by atoms with E-state index in [1.165, 1.54) is 0 Å². The first-order valence-corrected chi connectivity index (χ1v) is 9.06. The van der Waals surface area contributed by atoms with Crippen LogP contribution in [-0.4, -0.2) is 47.1 Å². The van der Waals surface area contributed by atoms with Crippen LogP contribution in [0.4, 0.5) is 5.69 Å². The molecule has 0 amide bonds. The number of aromatic nitrogens is 1. The second-order valence-electron chi connectivity index (χ2n) is 6.34. The minimum absolute atomic E-state index is 0.0605. The van der Waals surface area contributed by atoms with Crippen LogP contribution >= 0.6 is 23.8 Å². The highest BCUT2D eigenvalue weighted by molar-refractivity contribution is 7.80. The van der Waals surface area contributed by atoms with Crippen LogP contribution in [0.3, 0.4) is 0 Å². The topological polar surface area (TPSA) is 31.4 Å². The van der Waals surface area contributed by atoms with E-state index < -0.39 is 0 Å². The number of halogens is 1. The minimum atomic E-state index is 0.0605. The Morgan fingerprint density at radius 1 is 1.24 bits per heavy atom. The highest BCUT2D eigenvalue weighted by atomic mass is 35.5. The summed E-state index contributed by atoms with van der Waals surface area (Å²) in [7, 11) is 4.11. The average Bonchev–Trinajstić information content (AvgIpc) is 2.58. The molecule has 0 aliphatic rings. The van der Waals surface area contributed by atoms with Crippen molar-refractivity contribution < 1.29 is 0 Å². The van der Waals surface area contributed by atoms with Gasteiger partial charge >= 0.3 is 0 Å². The van der Waals surface area contributed by atoms with E-state index in [1.807, 2.05) is 49.5 Å². The average molecular weight is 377 g/mol. The van der Waals surface area contributed by atoms with Gasteiger partial charge in [0.1, 0.15) is 0 Å². The van der Waals surface area contributed by atoms with Gasteiger partial charge in [0.15, 0.2) is 5.11 Å². The van der Waals surface area contributed by atoms with Gasteiger partial charge in [0.05, 0.1) is 22.4 Å². The van der Waals surface area contributed by atoms with Gasteiger partial charge in [-0.1, -0.05) is 23.7 Å². The molecule has 0 spiro atoms. The molecular formula is C19H25ClN4S. The molecule has 2 rings (SSSR count). The monoisotopic (exact) mass is 376 g/mol. The second-order valence-corrected chi connectivity index (χ2v) is 7.13. The molecule has 0 bridgehead atoms. The lowest BCUT2D eigenvalue weighted by Crippen LogP contribution is -2.41. The molecule has 4 nitrogen and oxygen atoms in total. The molecule has 1 heterocycles. The Labute approximate surface area is 160 Å². The van der Waals surface area contributed by atoms with Crippen molar-refractivity contribution in [3.8, 4) is 0 Å². The Hall–Kier alpha value is -1.69. The number of aryl methyl sites for hydroxylation is 1. The van der Waals surface area contributed by atoms with E-state index in [2.05, 4.69) is 41.1 Å². The summed E-state index contributed by atoms with van der Waals surface area (Å²) in [5.41, 5.74) is 2.92. The SMILES string of the molecule is Cc1ccc(NC(=S)N(CCN(C)C)[C@H](C)c2ccccn2)c(Cl)c1. The van der Waals surface area contributed by atoms with Gasteiger partial charge in [-0.05, 0) is 70.0 Å².